The monoisotopic (exact) mass is 502 g/mol. The van der Waals surface area contributed by atoms with Gasteiger partial charge in [0.1, 0.15) is 6.54 Å². The van der Waals surface area contributed by atoms with Gasteiger partial charge >= 0.3 is 0 Å². The lowest BCUT2D eigenvalue weighted by Crippen LogP contribution is -2.38. The van der Waals surface area contributed by atoms with E-state index in [1.54, 1.807) is 48.2 Å². The largest absolute Gasteiger partial charge is 0.324 e. The Morgan fingerprint density at radius 1 is 0.914 bits per heavy atom. The molecule has 5 nitrogen and oxygen atoms in total. The molecule has 0 atom stereocenters. The molecule has 0 spiro atoms. The molecule has 1 N–H and O–H groups in total. The van der Waals surface area contributed by atoms with Crippen LogP contribution in [0.3, 0.4) is 0 Å². The Hall–Kier alpha value is -3.29. The number of thioether (sulfide) groups is 1. The smallest absolute Gasteiger partial charge is 0.264 e. The third kappa shape index (κ3) is 4.54. The fourth-order valence-electron chi connectivity index (χ4n) is 4.58. The molecule has 4 aromatic rings. The minimum Gasteiger partial charge on any atom is -0.324 e. The van der Waals surface area contributed by atoms with E-state index in [4.69, 9.17) is 0 Å². The summed E-state index contributed by atoms with van der Waals surface area (Å²) in [7, 11) is -3.96. The first-order valence-electron chi connectivity index (χ1n) is 11.4. The summed E-state index contributed by atoms with van der Waals surface area (Å²) in [6.45, 7) is 1.60. The molecule has 4 aromatic carbocycles. The molecule has 0 saturated carbocycles. The highest BCUT2D eigenvalue weighted by Gasteiger charge is 2.28. The molecular formula is C28H26N2O3S2. The van der Waals surface area contributed by atoms with Crippen molar-refractivity contribution >= 4 is 49.8 Å². The third-order valence-electron chi connectivity index (χ3n) is 6.41. The second-order valence-electron chi connectivity index (χ2n) is 8.68. The molecule has 5 rings (SSSR count). The standard InChI is InChI=1S/C28H26N2O3S2/c1-19-6-11-22(12-7-19)30(35(32,33)24-15-13-23(34-2)14-16-24)18-27(31)29-26-17-10-21-9-8-20-4-3-5-25(26)28(20)21/h3-7,10-17H,8-9,18H2,1-2H3,(H,29,31). The van der Waals surface area contributed by atoms with Gasteiger partial charge in [-0.25, -0.2) is 8.42 Å². The van der Waals surface area contributed by atoms with Crippen LogP contribution in [0.5, 0.6) is 0 Å². The molecule has 0 saturated heterocycles. The van der Waals surface area contributed by atoms with Gasteiger partial charge in [-0.3, -0.25) is 9.10 Å². The molecule has 0 aliphatic heterocycles. The second kappa shape index (κ2) is 9.40. The van der Waals surface area contributed by atoms with Crippen LogP contribution in [0, 0.1) is 6.92 Å². The van der Waals surface area contributed by atoms with Gasteiger partial charge in [0.25, 0.3) is 10.0 Å². The van der Waals surface area contributed by atoms with E-state index in [0.29, 0.717) is 11.4 Å². The maximum Gasteiger partial charge on any atom is 0.264 e. The Bertz CT molecular complexity index is 1500. The lowest BCUT2D eigenvalue weighted by atomic mass is 10.0. The van der Waals surface area contributed by atoms with Gasteiger partial charge in [-0.2, -0.15) is 0 Å². The highest BCUT2D eigenvalue weighted by Crippen LogP contribution is 2.35. The zero-order valence-corrected chi connectivity index (χ0v) is 21.2. The summed E-state index contributed by atoms with van der Waals surface area (Å²) in [6.07, 6.45) is 3.93. The van der Waals surface area contributed by atoms with Crippen molar-refractivity contribution < 1.29 is 13.2 Å². The quantitative estimate of drug-likeness (QED) is 0.324. The number of nitrogens with zero attached hydrogens (tertiary/aromatic N) is 1. The van der Waals surface area contributed by atoms with E-state index in [9.17, 15) is 13.2 Å². The van der Waals surface area contributed by atoms with Crippen molar-refractivity contribution in [2.45, 2.75) is 29.6 Å². The molecule has 35 heavy (non-hydrogen) atoms. The van der Waals surface area contributed by atoms with Gasteiger partial charge in [-0.15, -0.1) is 11.8 Å². The van der Waals surface area contributed by atoms with Gasteiger partial charge < -0.3 is 5.32 Å². The number of aryl methyl sites for hydroxylation is 3. The molecule has 1 aliphatic rings. The first-order chi connectivity index (χ1) is 16.9. The highest BCUT2D eigenvalue weighted by atomic mass is 32.2. The minimum atomic E-state index is -3.96. The number of carbonyl (C=O) groups excluding carboxylic acids is 1. The van der Waals surface area contributed by atoms with Crippen LogP contribution >= 0.6 is 11.8 Å². The van der Waals surface area contributed by atoms with Gasteiger partial charge in [0.15, 0.2) is 0 Å². The normalized spacial score (nSPS) is 12.6. The van der Waals surface area contributed by atoms with Crippen LogP contribution in [0.2, 0.25) is 0 Å². The molecule has 178 valence electrons. The Morgan fingerprint density at radius 2 is 1.60 bits per heavy atom. The molecule has 0 unspecified atom stereocenters. The first kappa shape index (κ1) is 23.5. The molecule has 0 fully saturated rings. The Morgan fingerprint density at radius 3 is 2.29 bits per heavy atom. The van der Waals surface area contributed by atoms with Crippen molar-refractivity contribution in [1.82, 2.24) is 0 Å². The average Bonchev–Trinajstić information content (AvgIpc) is 3.29. The zero-order chi connectivity index (χ0) is 24.6. The van der Waals surface area contributed by atoms with Gasteiger partial charge in [0.05, 0.1) is 10.6 Å². The van der Waals surface area contributed by atoms with E-state index in [2.05, 4.69) is 17.4 Å². The summed E-state index contributed by atoms with van der Waals surface area (Å²) in [6, 6.07) is 24.0. The summed E-state index contributed by atoms with van der Waals surface area (Å²) >= 11 is 1.54. The van der Waals surface area contributed by atoms with E-state index in [1.807, 2.05) is 43.5 Å². The molecule has 0 heterocycles. The van der Waals surface area contributed by atoms with Crippen LogP contribution in [0.25, 0.3) is 10.8 Å². The number of sulfonamides is 1. The lowest BCUT2D eigenvalue weighted by molar-refractivity contribution is -0.114. The SMILES string of the molecule is CSc1ccc(S(=O)(=O)N(CC(=O)Nc2ccc3c4c(cccc24)CC3)c2ccc(C)cc2)cc1. The van der Waals surface area contributed by atoms with Gasteiger partial charge in [0, 0.05) is 16.0 Å². The fourth-order valence-corrected chi connectivity index (χ4v) is 6.41. The maximum absolute atomic E-state index is 13.7. The summed E-state index contributed by atoms with van der Waals surface area (Å²) in [5, 5.41) is 5.16. The van der Waals surface area contributed by atoms with E-state index in [1.165, 1.54) is 20.8 Å². The van der Waals surface area contributed by atoms with Crippen LogP contribution in [0.1, 0.15) is 16.7 Å². The van der Waals surface area contributed by atoms with E-state index in [0.717, 1.165) is 28.7 Å². The number of anilines is 2. The predicted molar refractivity (Wildman–Crippen MR) is 144 cm³/mol. The van der Waals surface area contributed by atoms with Crippen LogP contribution < -0.4 is 9.62 Å². The molecule has 1 aliphatic carbocycles. The number of nitrogens with one attached hydrogen (secondary N) is 1. The fraction of sp³-hybridized carbons (Fsp3) is 0.179. The van der Waals surface area contributed by atoms with Crippen molar-refractivity contribution in [2.75, 3.05) is 22.4 Å². The number of hydrogen-bond acceptors (Lipinski definition) is 4. The topological polar surface area (TPSA) is 66.5 Å². The Labute approximate surface area is 210 Å². The minimum absolute atomic E-state index is 0.147. The molecule has 7 heteroatoms. The van der Waals surface area contributed by atoms with Gasteiger partial charge in [0.2, 0.25) is 5.91 Å². The maximum atomic E-state index is 13.7. The van der Waals surface area contributed by atoms with Gasteiger partial charge in [-0.05, 0) is 85.0 Å². The molecule has 1 amide bonds. The van der Waals surface area contributed by atoms with E-state index < -0.39 is 15.9 Å². The van der Waals surface area contributed by atoms with Gasteiger partial charge in [-0.1, -0.05) is 42.0 Å². The number of benzene rings is 4. The molecular weight excluding hydrogens is 476 g/mol. The van der Waals surface area contributed by atoms with Crippen LogP contribution in [-0.4, -0.2) is 27.1 Å². The summed E-state index contributed by atoms with van der Waals surface area (Å²) in [5.74, 6) is -0.395. The van der Waals surface area contributed by atoms with Crippen LogP contribution in [0.15, 0.2) is 88.7 Å². The summed E-state index contributed by atoms with van der Waals surface area (Å²) in [5.41, 5.74) is 4.72. The average molecular weight is 503 g/mol. The first-order valence-corrected chi connectivity index (χ1v) is 14.1. The zero-order valence-electron chi connectivity index (χ0n) is 19.6. The third-order valence-corrected chi connectivity index (χ3v) is 8.94. The Balaban J connectivity index is 1.48. The van der Waals surface area contributed by atoms with E-state index >= 15 is 0 Å². The summed E-state index contributed by atoms with van der Waals surface area (Å²) in [4.78, 5) is 14.4. The van der Waals surface area contributed by atoms with Crippen LogP contribution in [0.4, 0.5) is 11.4 Å². The second-order valence-corrected chi connectivity index (χ2v) is 11.4. The molecule has 0 radical (unpaired) electrons. The van der Waals surface area contributed by atoms with Crippen molar-refractivity contribution in [3.8, 4) is 0 Å². The molecule has 0 aromatic heterocycles. The number of rotatable bonds is 7. The number of hydrogen-bond donors (Lipinski definition) is 1. The van der Waals surface area contributed by atoms with Crippen molar-refractivity contribution in [3.05, 3.63) is 95.6 Å². The highest BCUT2D eigenvalue weighted by molar-refractivity contribution is 7.98. The summed E-state index contributed by atoms with van der Waals surface area (Å²) < 4.78 is 28.5. The molecule has 0 bridgehead atoms. The van der Waals surface area contributed by atoms with Crippen molar-refractivity contribution in [2.24, 2.45) is 0 Å². The predicted octanol–water partition coefficient (Wildman–Crippen LogP) is 5.80. The Kier molecular flexibility index (Phi) is 6.30. The van der Waals surface area contributed by atoms with Crippen molar-refractivity contribution in [3.63, 3.8) is 0 Å². The number of carbonyl (C=O) groups is 1. The number of amides is 1. The van der Waals surface area contributed by atoms with Crippen molar-refractivity contribution in [1.29, 1.82) is 0 Å². The van der Waals surface area contributed by atoms with E-state index in [-0.39, 0.29) is 11.4 Å². The lowest BCUT2D eigenvalue weighted by Gasteiger charge is -2.24. The van der Waals surface area contributed by atoms with Crippen LogP contribution in [-0.2, 0) is 27.7 Å².